The van der Waals surface area contributed by atoms with Crippen molar-refractivity contribution in [3.05, 3.63) is 148 Å². The van der Waals surface area contributed by atoms with Crippen molar-refractivity contribution in [3.8, 4) is 28.3 Å². The van der Waals surface area contributed by atoms with Gasteiger partial charge in [-0.1, -0.05) is 197 Å². The number of nitrogens with zero attached hydrogens (tertiary/aromatic N) is 5. The number of unbranched alkanes of at least 4 members (excludes halogenated alkanes) is 1. The number of H-pyrrole nitrogens is 1. The van der Waals surface area contributed by atoms with Crippen molar-refractivity contribution in [2.45, 2.75) is 254 Å². The number of carbonyl (C=O) groups is 4. The van der Waals surface area contributed by atoms with Crippen LogP contribution in [-0.2, 0) is 57.7 Å². The van der Waals surface area contributed by atoms with Gasteiger partial charge in [-0.3, -0.25) is 19.2 Å². The Labute approximate surface area is 604 Å². The summed E-state index contributed by atoms with van der Waals surface area (Å²) in [5.74, 6) is 3.94. The van der Waals surface area contributed by atoms with Crippen LogP contribution in [0.1, 0.15) is 226 Å². The number of halogens is 1. The Morgan fingerprint density at radius 2 is 1.34 bits per heavy atom. The normalized spacial score (nSPS) is 25.6. The van der Waals surface area contributed by atoms with Gasteiger partial charge in [-0.25, -0.2) is 4.98 Å². The van der Waals surface area contributed by atoms with E-state index in [0.717, 1.165) is 116 Å². The third-order valence-corrected chi connectivity index (χ3v) is 21.8. The Morgan fingerprint density at radius 1 is 0.752 bits per heavy atom. The summed E-state index contributed by atoms with van der Waals surface area (Å²) in [6, 6.07) is 22.3. The average Bonchev–Trinajstić information content (AvgIpc) is 1.72. The van der Waals surface area contributed by atoms with E-state index in [0.29, 0.717) is 83.2 Å². The van der Waals surface area contributed by atoms with Crippen molar-refractivity contribution in [2.24, 2.45) is 52.8 Å². The molecule has 2 aliphatic heterocycles. The highest BCUT2D eigenvalue weighted by molar-refractivity contribution is 6.30. The number of aromatic nitrogens is 6. The van der Waals surface area contributed by atoms with Gasteiger partial charge < -0.3 is 43.9 Å². The zero-order chi connectivity index (χ0) is 73.2. The number of cyclic esters (lactones) is 2. The SMILES string of the molecule is CC(C)c1cccc(C(C)C)c1O.CCC(C)(C)C(=O)O[C@H]1C[C@@H](C)C=C2C=C[C@H](C)[C@H](CC[C@@H]3C[C@@H](O)CC(=O)O3)[C@H]21.CCC(C)C(=O)OC1CCC=C2C=C[C@H](C)[C@H](CC[C@@H]3CC(O)CC(=O)O3)[C@H]21.CCCCc1nc(Cl)c(CO)n1Cc1ccc(-c2ccccc2-c2nn[nH]n2)cc1. The third kappa shape index (κ3) is 21.2. The summed E-state index contributed by atoms with van der Waals surface area (Å²) in [4.78, 5) is 53.1. The zero-order valence-corrected chi connectivity index (χ0v) is 62.7. The Morgan fingerprint density at radius 3 is 1.87 bits per heavy atom. The summed E-state index contributed by atoms with van der Waals surface area (Å²) < 4.78 is 25.1. The molecule has 18 nitrogen and oxygen atoms in total. The fraction of sp³-hybridized carbons (Fsp3) is 0.585. The number of hydrogen-bond acceptors (Lipinski definition) is 16. The Balaban J connectivity index is 0.000000177. The van der Waals surface area contributed by atoms with Gasteiger partial charge >= 0.3 is 23.9 Å². The molecule has 2 fully saturated rings. The van der Waals surface area contributed by atoms with Gasteiger partial charge in [0.05, 0.1) is 48.7 Å². The maximum absolute atomic E-state index is 12.9. The summed E-state index contributed by atoms with van der Waals surface area (Å²) in [5.41, 5.74) is 8.95. The molecule has 5 N–H and O–H groups in total. The molecule has 2 aromatic heterocycles. The number of nitrogens with one attached hydrogen (secondary N) is 1. The van der Waals surface area contributed by atoms with E-state index in [1.54, 1.807) is 0 Å². The number of allylic oxidation sites excluding steroid dienone is 6. The fourth-order valence-electron chi connectivity index (χ4n) is 14.9. The maximum Gasteiger partial charge on any atom is 0.311 e. The first-order chi connectivity index (χ1) is 48.2. The fourth-order valence-corrected chi connectivity index (χ4v) is 15.2. The maximum atomic E-state index is 12.9. The molecule has 4 aliphatic carbocycles. The van der Waals surface area contributed by atoms with E-state index >= 15 is 0 Å². The molecule has 5 aromatic rings. The lowest BCUT2D eigenvalue weighted by atomic mass is 9.65. The molecule has 2 saturated heterocycles. The van der Waals surface area contributed by atoms with Gasteiger partial charge in [0.2, 0.25) is 5.82 Å². The number of imidazole rings is 1. The lowest BCUT2D eigenvalue weighted by molar-refractivity contribution is -0.166. The van der Waals surface area contributed by atoms with Crippen LogP contribution in [0.15, 0.2) is 114 Å². The Bertz CT molecular complexity index is 3620. The van der Waals surface area contributed by atoms with Gasteiger partial charge in [-0.15, -0.1) is 10.2 Å². The van der Waals surface area contributed by atoms with Gasteiger partial charge in [0.15, 0.2) is 5.15 Å². The van der Waals surface area contributed by atoms with E-state index in [1.165, 1.54) is 11.1 Å². The highest BCUT2D eigenvalue weighted by Crippen LogP contribution is 2.47. The van der Waals surface area contributed by atoms with Crippen LogP contribution in [0.5, 0.6) is 5.75 Å². The number of hydrogen-bond donors (Lipinski definition) is 5. The standard InChI is InChI=1S/C25H38O5.C23H34O5.C22H23ClN6O.C12H18O/c1-6-25(4,5)24(28)30-21-12-15(2)11-17-8-7-16(3)20(23(17)21)10-9-19-13-18(26)14-22(27)29-19;1-4-14(2)23(26)28-20-7-5-6-16-9-8-15(3)19(22(16)20)11-10-18-12-17(24)13-21(25)27-18;1-2-3-8-20-24-21(23)19(14-30)29(20)13-15-9-11-16(12-10-15)17-6-4-5-7-18(17)22-25-27-28-26-22;1-8(2)10-6-5-7-11(9(3)4)12(10)13/h7-8,11,15-16,18-21,23,26H,6,9-10,12-14H2,1-5H3;6,8-9,14-15,17-20,22,24H,4-5,7,10-13H2,1-3H3;4-7,9-12,30H,2-3,8,13-14H2,1H3,(H,25,26,27,28);5-9,13H,1-4H3/t15-,16-,18+,19+,20-,21-,23-;14?,15-,17?,18+,19-,20?,22-;;/m00../s1. The first kappa shape index (κ1) is 79.5. The minimum absolute atomic E-state index is 0.0764. The van der Waals surface area contributed by atoms with Crippen LogP contribution in [0.4, 0.5) is 0 Å². The number of aromatic amines is 1. The third-order valence-electron chi connectivity index (χ3n) is 21.5. The van der Waals surface area contributed by atoms with Crippen LogP contribution in [0.3, 0.4) is 0 Å². The number of aliphatic hydroxyl groups excluding tert-OH is 3. The number of aromatic hydroxyl groups is 1. The van der Waals surface area contributed by atoms with E-state index in [9.17, 15) is 39.6 Å². The number of rotatable bonds is 22. The van der Waals surface area contributed by atoms with Gasteiger partial charge in [0.1, 0.15) is 36.0 Å². The number of para-hydroxylation sites is 1. The van der Waals surface area contributed by atoms with Gasteiger partial charge in [-0.05, 0) is 164 Å². The van der Waals surface area contributed by atoms with Crippen LogP contribution < -0.4 is 0 Å². The van der Waals surface area contributed by atoms with E-state index < -0.39 is 17.6 Å². The molecular weight excluding hydrogens is 1300 g/mol. The largest absolute Gasteiger partial charge is 0.507 e. The number of aryl methyl sites for hydroxylation is 1. The molecule has 550 valence electrons. The van der Waals surface area contributed by atoms with Crippen LogP contribution in [0.25, 0.3) is 22.5 Å². The van der Waals surface area contributed by atoms with Gasteiger partial charge in [0.25, 0.3) is 0 Å². The molecule has 19 heteroatoms. The van der Waals surface area contributed by atoms with Crippen LogP contribution in [-0.4, -0.2) is 111 Å². The summed E-state index contributed by atoms with van der Waals surface area (Å²) in [7, 11) is 0. The van der Waals surface area contributed by atoms with Crippen molar-refractivity contribution in [3.63, 3.8) is 0 Å². The second-order valence-corrected chi connectivity index (χ2v) is 30.6. The molecular formula is C82H113ClN6O12. The number of tetrazole rings is 1. The average molecular weight is 1410 g/mol. The summed E-state index contributed by atoms with van der Waals surface area (Å²) in [6.45, 7) is 27.5. The van der Waals surface area contributed by atoms with E-state index in [-0.39, 0.29) is 85.5 Å². The first-order valence-corrected chi connectivity index (χ1v) is 37.6. The number of phenolic OH excluding ortho intramolecular Hbond substituents is 1. The van der Waals surface area contributed by atoms with Gasteiger partial charge in [-0.2, -0.15) is 5.21 Å². The number of fused-ring (bicyclic) bond motifs is 2. The van der Waals surface area contributed by atoms with Gasteiger partial charge in [0, 0.05) is 43.2 Å². The highest BCUT2D eigenvalue weighted by atomic mass is 35.5. The number of phenols is 1. The molecule has 3 aromatic carbocycles. The number of benzene rings is 3. The van der Waals surface area contributed by atoms with Crippen molar-refractivity contribution >= 4 is 35.5 Å². The zero-order valence-electron chi connectivity index (χ0n) is 61.9. The predicted octanol–water partition coefficient (Wildman–Crippen LogP) is 16.4. The number of aliphatic hydroxyl groups is 3. The quantitative estimate of drug-likeness (QED) is 0.0319. The van der Waals surface area contributed by atoms with Crippen LogP contribution >= 0.6 is 11.6 Å². The monoisotopic (exact) mass is 1410 g/mol. The summed E-state index contributed by atoms with van der Waals surface area (Å²) in [5, 5.41) is 54.2. The topological polar surface area (TPSA) is 258 Å². The first-order valence-electron chi connectivity index (χ1n) is 37.3. The van der Waals surface area contributed by atoms with Crippen molar-refractivity contribution in [1.29, 1.82) is 0 Å². The van der Waals surface area contributed by atoms with Crippen molar-refractivity contribution < 1.29 is 58.6 Å². The van der Waals surface area contributed by atoms with Crippen molar-refractivity contribution in [1.82, 2.24) is 30.2 Å². The molecule has 0 saturated carbocycles. The Kier molecular flexibility index (Phi) is 29.3. The molecule has 14 atom stereocenters. The second-order valence-electron chi connectivity index (χ2n) is 30.2. The molecule has 0 spiro atoms. The lowest BCUT2D eigenvalue weighted by Crippen LogP contribution is -2.43. The highest BCUT2D eigenvalue weighted by Gasteiger charge is 2.45. The summed E-state index contributed by atoms with van der Waals surface area (Å²) >= 11 is 6.26. The summed E-state index contributed by atoms with van der Waals surface area (Å²) in [6.07, 6.45) is 23.2. The molecule has 0 bridgehead atoms. The van der Waals surface area contributed by atoms with Crippen LogP contribution in [0, 0.1) is 52.8 Å². The molecule has 101 heavy (non-hydrogen) atoms. The van der Waals surface area contributed by atoms with E-state index in [2.05, 4.69) is 142 Å². The number of esters is 4. The predicted molar refractivity (Wildman–Crippen MR) is 394 cm³/mol. The van der Waals surface area contributed by atoms with E-state index in [4.69, 9.17) is 30.5 Å². The minimum atomic E-state index is -0.601. The second kappa shape index (κ2) is 37.3. The smallest absolute Gasteiger partial charge is 0.311 e. The molecule has 0 amide bonds. The van der Waals surface area contributed by atoms with Crippen molar-refractivity contribution in [2.75, 3.05) is 0 Å². The van der Waals surface area contributed by atoms with E-state index in [1.807, 2.05) is 81.7 Å². The minimum Gasteiger partial charge on any atom is -0.507 e. The number of ether oxygens (including phenoxy) is 4. The molecule has 6 aliphatic rings. The molecule has 3 unspecified atom stereocenters. The molecule has 4 heterocycles. The van der Waals surface area contributed by atoms with Crippen LogP contribution in [0.2, 0.25) is 5.15 Å². The molecule has 11 rings (SSSR count). The lowest BCUT2D eigenvalue weighted by Gasteiger charge is -2.44. The molecule has 0 radical (unpaired) electrons. The number of carbonyl (C=O) groups excluding carboxylic acids is 4. The Hall–Kier alpha value is -7.25.